The van der Waals surface area contributed by atoms with Crippen LogP contribution in [0.5, 0.6) is 0 Å². The van der Waals surface area contributed by atoms with Crippen molar-refractivity contribution in [2.75, 3.05) is 0 Å². The number of hydrogen-bond acceptors (Lipinski definition) is 1. The summed E-state index contributed by atoms with van der Waals surface area (Å²) in [6.07, 6.45) is 0. The van der Waals surface area contributed by atoms with E-state index in [2.05, 4.69) is 56.7 Å². The lowest BCUT2D eigenvalue weighted by Gasteiger charge is -2.10. The molecule has 0 aliphatic rings. The van der Waals surface area contributed by atoms with Gasteiger partial charge in [-0.15, -0.1) is 22.9 Å². The molecule has 2 rings (SSSR count). The Hall–Kier alpha value is 0.420. The number of thiophene rings is 1. The Bertz CT molecular complexity index is 456. The van der Waals surface area contributed by atoms with Crippen LogP contribution in [-0.2, 0) is 0 Å². The van der Waals surface area contributed by atoms with Gasteiger partial charge in [0.1, 0.15) is 0 Å². The Balaban J connectivity index is 2.41. The van der Waals surface area contributed by atoms with Crippen molar-refractivity contribution >= 4 is 61.5 Å². The molecule has 1 unspecified atom stereocenters. The second kappa shape index (κ2) is 5.17. The molecular weight excluding hydrogens is 406 g/mol. The molecule has 1 aromatic heterocycles. The van der Waals surface area contributed by atoms with Gasteiger partial charge in [0.05, 0.1) is 5.38 Å². The third-order valence-corrected chi connectivity index (χ3v) is 4.95. The molecule has 0 aliphatic heterocycles. The number of alkyl halides is 1. The molecule has 15 heavy (non-hydrogen) atoms. The van der Waals surface area contributed by atoms with Gasteiger partial charge in [-0.05, 0) is 57.8 Å². The van der Waals surface area contributed by atoms with Crippen molar-refractivity contribution in [3.05, 3.63) is 54.2 Å². The molecule has 0 N–H and O–H groups in total. The smallest absolute Gasteiger partial charge is 0.0938 e. The average Bonchev–Trinajstić information content (AvgIpc) is 2.74. The van der Waals surface area contributed by atoms with E-state index >= 15 is 0 Å². The molecule has 0 bridgehead atoms. The van der Waals surface area contributed by atoms with Crippen LogP contribution < -0.4 is 0 Å². The fraction of sp³-hybridized carbons (Fsp3) is 0.0909. The molecule has 0 nitrogen and oxygen atoms in total. The molecule has 1 aromatic carbocycles. The maximum atomic E-state index is 6.43. The van der Waals surface area contributed by atoms with E-state index < -0.39 is 0 Å². The van der Waals surface area contributed by atoms with E-state index in [4.69, 9.17) is 11.6 Å². The summed E-state index contributed by atoms with van der Waals surface area (Å²) < 4.78 is 2.27. The number of benzene rings is 1. The Labute approximate surface area is 120 Å². The lowest BCUT2D eigenvalue weighted by Crippen LogP contribution is -1.92. The van der Waals surface area contributed by atoms with E-state index in [1.807, 2.05) is 17.5 Å². The maximum Gasteiger partial charge on any atom is 0.0938 e. The predicted molar refractivity (Wildman–Crippen MR) is 78.9 cm³/mol. The van der Waals surface area contributed by atoms with Crippen molar-refractivity contribution in [2.45, 2.75) is 5.38 Å². The zero-order valence-corrected chi connectivity index (χ0v) is 12.9. The first-order chi connectivity index (χ1) is 7.18. The molecular formula is C11H7BrClIS. The van der Waals surface area contributed by atoms with E-state index in [0.717, 1.165) is 10.0 Å². The van der Waals surface area contributed by atoms with E-state index in [0.29, 0.717) is 0 Å². The Morgan fingerprint density at radius 3 is 2.80 bits per heavy atom. The van der Waals surface area contributed by atoms with Gasteiger partial charge < -0.3 is 0 Å². The van der Waals surface area contributed by atoms with Crippen molar-refractivity contribution in [1.29, 1.82) is 0 Å². The number of halogens is 3. The van der Waals surface area contributed by atoms with Gasteiger partial charge in [0, 0.05) is 12.9 Å². The Kier molecular flexibility index (Phi) is 4.10. The van der Waals surface area contributed by atoms with Gasteiger partial charge in [0.15, 0.2) is 0 Å². The van der Waals surface area contributed by atoms with Gasteiger partial charge in [0.2, 0.25) is 0 Å². The minimum atomic E-state index is -0.0610. The molecule has 1 heterocycles. The predicted octanol–water partition coefficient (Wildman–Crippen LogP) is 5.44. The zero-order chi connectivity index (χ0) is 10.8. The van der Waals surface area contributed by atoms with Crippen LogP contribution in [0, 0.1) is 3.57 Å². The molecule has 0 radical (unpaired) electrons. The van der Waals surface area contributed by atoms with Gasteiger partial charge in [-0.25, -0.2) is 0 Å². The monoisotopic (exact) mass is 412 g/mol. The molecule has 0 spiro atoms. The molecule has 2 aromatic rings. The highest BCUT2D eigenvalue weighted by molar-refractivity contribution is 14.1. The number of hydrogen-bond donors (Lipinski definition) is 0. The summed E-state index contributed by atoms with van der Waals surface area (Å²) in [6, 6.07) is 10.3. The topological polar surface area (TPSA) is 0 Å². The second-order valence-corrected chi connectivity index (χ2v) is 6.56. The SMILES string of the molecule is ClC(c1cccs1)c1cc(I)ccc1Br. The van der Waals surface area contributed by atoms with E-state index in [9.17, 15) is 0 Å². The molecule has 0 fully saturated rings. The van der Waals surface area contributed by atoms with Crippen molar-refractivity contribution in [3.8, 4) is 0 Å². The second-order valence-electron chi connectivity index (χ2n) is 3.04. The van der Waals surface area contributed by atoms with Crippen LogP contribution in [0.2, 0.25) is 0 Å². The molecule has 4 heteroatoms. The lowest BCUT2D eigenvalue weighted by molar-refractivity contribution is 1.16. The molecule has 0 aliphatic carbocycles. The highest BCUT2D eigenvalue weighted by Crippen LogP contribution is 2.36. The number of rotatable bonds is 2. The largest absolute Gasteiger partial charge is 0.147 e. The fourth-order valence-corrected chi connectivity index (χ4v) is 3.55. The summed E-state index contributed by atoms with van der Waals surface area (Å²) in [4.78, 5) is 1.18. The van der Waals surface area contributed by atoms with Crippen LogP contribution in [0.25, 0.3) is 0 Å². The molecule has 0 amide bonds. The minimum Gasteiger partial charge on any atom is -0.147 e. The van der Waals surface area contributed by atoms with Crippen LogP contribution >= 0.6 is 61.5 Å². The quantitative estimate of drug-likeness (QED) is 0.454. The molecule has 0 saturated heterocycles. The highest BCUT2D eigenvalue weighted by atomic mass is 127. The third kappa shape index (κ3) is 2.75. The summed E-state index contributed by atoms with van der Waals surface area (Å²) in [5, 5.41) is 1.99. The normalized spacial score (nSPS) is 12.7. The summed E-state index contributed by atoms with van der Waals surface area (Å²) in [5.74, 6) is 0. The average molecular weight is 414 g/mol. The van der Waals surface area contributed by atoms with Gasteiger partial charge in [0.25, 0.3) is 0 Å². The molecule has 0 saturated carbocycles. The van der Waals surface area contributed by atoms with E-state index in [-0.39, 0.29) is 5.38 Å². The van der Waals surface area contributed by atoms with Gasteiger partial charge >= 0.3 is 0 Å². The summed E-state index contributed by atoms with van der Waals surface area (Å²) in [5.41, 5.74) is 1.13. The first-order valence-corrected chi connectivity index (χ1v) is 7.49. The van der Waals surface area contributed by atoms with Gasteiger partial charge in [-0.2, -0.15) is 0 Å². The Morgan fingerprint density at radius 2 is 2.13 bits per heavy atom. The first kappa shape index (κ1) is 11.9. The summed E-state index contributed by atoms with van der Waals surface area (Å²) >= 11 is 13.9. The minimum absolute atomic E-state index is 0.0610. The van der Waals surface area contributed by atoms with Crippen molar-refractivity contribution < 1.29 is 0 Å². The zero-order valence-electron chi connectivity index (χ0n) is 7.58. The van der Waals surface area contributed by atoms with Crippen LogP contribution in [-0.4, -0.2) is 0 Å². The van der Waals surface area contributed by atoms with Crippen LogP contribution in [0.3, 0.4) is 0 Å². The van der Waals surface area contributed by atoms with Gasteiger partial charge in [-0.3, -0.25) is 0 Å². The van der Waals surface area contributed by atoms with E-state index in [1.54, 1.807) is 11.3 Å². The summed E-state index contributed by atoms with van der Waals surface area (Å²) in [7, 11) is 0. The van der Waals surface area contributed by atoms with Crippen LogP contribution in [0.15, 0.2) is 40.2 Å². The third-order valence-electron chi connectivity index (χ3n) is 2.02. The standard InChI is InChI=1S/C11H7BrClIS/c12-9-4-3-7(14)6-8(9)11(13)10-2-1-5-15-10/h1-6,11H. The van der Waals surface area contributed by atoms with Crippen molar-refractivity contribution in [3.63, 3.8) is 0 Å². The molecule has 1 atom stereocenters. The first-order valence-electron chi connectivity index (χ1n) is 4.31. The van der Waals surface area contributed by atoms with Crippen LogP contribution in [0.4, 0.5) is 0 Å². The molecule has 78 valence electrons. The van der Waals surface area contributed by atoms with Crippen molar-refractivity contribution in [2.24, 2.45) is 0 Å². The lowest BCUT2D eigenvalue weighted by atomic mass is 10.1. The maximum absolute atomic E-state index is 6.43. The van der Waals surface area contributed by atoms with Gasteiger partial charge in [-0.1, -0.05) is 22.0 Å². The van der Waals surface area contributed by atoms with Crippen LogP contribution in [0.1, 0.15) is 15.8 Å². The van der Waals surface area contributed by atoms with Crippen molar-refractivity contribution in [1.82, 2.24) is 0 Å². The summed E-state index contributed by atoms with van der Waals surface area (Å²) in [6.45, 7) is 0. The highest BCUT2D eigenvalue weighted by Gasteiger charge is 2.14. The fourth-order valence-electron chi connectivity index (χ4n) is 1.30. The Morgan fingerprint density at radius 1 is 1.33 bits per heavy atom. The van der Waals surface area contributed by atoms with E-state index in [1.165, 1.54) is 8.45 Å².